The topological polar surface area (TPSA) is 81.2 Å². The SMILES string of the molecule is CC[C@@H](C)[C@@H](NC(=O)CSc1nnc(-c2ccccc2)c2ccccc12)C(=O)OC. The van der Waals surface area contributed by atoms with Crippen molar-refractivity contribution in [3.05, 3.63) is 54.6 Å². The van der Waals surface area contributed by atoms with Crippen LogP contribution in [0.1, 0.15) is 20.3 Å². The van der Waals surface area contributed by atoms with Gasteiger partial charge in [-0.3, -0.25) is 4.79 Å². The summed E-state index contributed by atoms with van der Waals surface area (Å²) < 4.78 is 4.83. The van der Waals surface area contributed by atoms with Crippen LogP contribution >= 0.6 is 11.8 Å². The zero-order valence-electron chi connectivity index (χ0n) is 17.3. The Hall–Kier alpha value is -2.93. The number of ether oxygens (including phenoxy) is 1. The monoisotopic (exact) mass is 423 g/mol. The number of esters is 1. The highest BCUT2D eigenvalue weighted by Gasteiger charge is 2.26. The number of carbonyl (C=O) groups excluding carboxylic acids is 2. The first-order chi connectivity index (χ1) is 14.5. The zero-order chi connectivity index (χ0) is 21.5. The summed E-state index contributed by atoms with van der Waals surface area (Å²) in [5.41, 5.74) is 1.80. The summed E-state index contributed by atoms with van der Waals surface area (Å²) in [6.45, 7) is 3.88. The van der Waals surface area contributed by atoms with Gasteiger partial charge in [0.05, 0.1) is 12.9 Å². The Morgan fingerprint density at radius 1 is 1.03 bits per heavy atom. The van der Waals surface area contributed by atoms with Crippen molar-refractivity contribution in [1.82, 2.24) is 15.5 Å². The second kappa shape index (κ2) is 10.2. The van der Waals surface area contributed by atoms with Crippen LogP contribution in [-0.4, -0.2) is 41.0 Å². The highest BCUT2D eigenvalue weighted by Crippen LogP contribution is 2.31. The number of rotatable bonds is 8. The summed E-state index contributed by atoms with van der Waals surface area (Å²) in [6, 6.07) is 17.1. The van der Waals surface area contributed by atoms with Crippen LogP contribution in [0.5, 0.6) is 0 Å². The van der Waals surface area contributed by atoms with E-state index in [9.17, 15) is 9.59 Å². The van der Waals surface area contributed by atoms with E-state index >= 15 is 0 Å². The van der Waals surface area contributed by atoms with E-state index in [1.807, 2.05) is 68.4 Å². The molecule has 3 rings (SSSR count). The maximum Gasteiger partial charge on any atom is 0.328 e. The molecule has 156 valence electrons. The Labute approximate surface area is 180 Å². The first kappa shape index (κ1) is 21.8. The Bertz CT molecular complexity index is 1030. The molecule has 0 unspecified atom stereocenters. The summed E-state index contributed by atoms with van der Waals surface area (Å²) in [5.74, 6) is -0.557. The Kier molecular flexibility index (Phi) is 7.41. The van der Waals surface area contributed by atoms with Gasteiger partial charge in [-0.25, -0.2) is 4.79 Å². The minimum atomic E-state index is -0.656. The van der Waals surface area contributed by atoms with Gasteiger partial charge in [-0.2, -0.15) is 0 Å². The third-order valence-corrected chi connectivity index (χ3v) is 6.01. The second-order valence-corrected chi connectivity index (χ2v) is 7.97. The number of benzene rings is 2. The summed E-state index contributed by atoms with van der Waals surface area (Å²) in [7, 11) is 1.33. The molecule has 30 heavy (non-hydrogen) atoms. The van der Waals surface area contributed by atoms with E-state index in [-0.39, 0.29) is 17.6 Å². The van der Waals surface area contributed by atoms with Gasteiger partial charge < -0.3 is 10.1 Å². The molecule has 2 atom stereocenters. The molecule has 0 fully saturated rings. The van der Waals surface area contributed by atoms with Crippen molar-refractivity contribution < 1.29 is 14.3 Å². The molecule has 2 aromatic carbocycles. The summed E-state index contributed by atoms with van der Waals surface area (Å²) in [5, 5.41) is 14.2. The lowest BCUT2D eigenvalue weighted by molar-refractivity contribution is -0.146. The van der Waals surface area contributed by atoms with Gasteiger partial charge in [-0.15, -0.1) is 10.2 Å². The van der Waals surface area contributed by atoms with Crippen LogP contribution in [-0.2, 0) is 14.3 Å². The Morgan fingerprint density at radius 2 is 1.70 bits per heavy atom. The number of methoxy groups -OCH3 is 1. The number of carbonyl (C=O) groups is 2. The molecule has 0 radical (unpaired) electrons. The predicted octanol–water partition coefficient (Wildman–Crippen LogP) is 4.09. The number of thioether (sulfide) groups is 1. The van der Waals surface area contributed by atoms with E-state index < -0.39 is 12.0 Å². The average Bonchev–Trinajstić information content (AvgIpc) is 2.80. The zero-order valence-corrected chi connectivity index (χ0v) is 18.1. The lowest BCUT2D eigenvalue weighted by Crippen LogP contribution is -2.46. The first-order valence-electron chi connectivity index (χ1n) is 9.86. The van der Waals surface area contributed by atoms with Crippen LogP contribution in [0.15, 0.2) is 59.6 Å². The van der Waals surface area contributed by atoms with Gasteiger partial charge in [-0.1, -0.05) is 86.6 Å². The maximum absolute atomic E-state index is 12.5. The van der Waals surface area contributed by atoms with Gasteiger partial charge in [0.15, 0.2) is 0 Å². The quantitative estimate of drug-likeness (QED) is 0.434. The maximum atomic E-state index is 12.5. The van der Waals surface area contributed by atoms with Crippen LogP contribution < -0.4 is 5.32 Å². The van der Waals surface area contributed by atoms with Crippen molar-refractivity contribution in [1.29, 1.82) is 0 Å². The van der Waals surface area contributed by atoms with E-state index in [1.54, 1.807) is 0 Å². The van der Waals surface area contributed by atoms with Crippen LogP contribution in [0, 0.1) is 5.92 Å². The third kappa shape index (κ3) is 4.97. The predicted molar refractivity (Wildman–Crippen MR) is 119 cm³/mol. The number of amides is 1. The van der Waals surface area contributed by atoms with Crippen molar-refractivity contribution in [3.8, 4) is 11.3 Å². The van der Waals surface area contributed by atoms with E-state index in [2.05, 4.69) is 15.5 Å². The molecule has 1 heterocycles. The molecule has 1 amide bonds. The van der Waals surface area contributed by atoms with Gasteiger partial charge in [0.2, 0.25) is 5.91 Å². The van der Waals surface area contributed by atoms with Gasteiger partial charge in [0, 0.05) is 16.3 Å². The Balaban J connectivity index is 1.78. The van der Waals surface area contributed by atoms with Crippen molar-refractivity contribution in [2.24, 2.45) is 5.92 Å². The fourth-order valence-corrected chi connectivity index (χ4v) is 3.92. The lowest BCUT2D eigenvalue weighted by atomic mass is 9.99. The van der Waals surface area contributed by atoms with E-state index in [0.717, 1.165) is 28.5 Å². The molecule has 0 aliphatic rings. The first-order valence-corrected chi connectivity index (χ1v) is 10.8. The fraction of sp³-hybridized carbons (Fsp3) is 0.304. The fourth-order valence-electron chi connectivity index (χ4n) is 3.14. The van der Waals surface area contributed by atoms with Crippen molar-refractivity contribution >= 4 is 34.4 Å². The van der Waals surface area contributed by atoms with Crippen molar-refractivity contribution in [3.63, 3.8) is 0 Å². The number of aromatic nitrogens is 2. The minimum absolute atomic E-state index is 0.0165. The molecule has 1 N–H and O–H groups in total. The minimum Gasteiger partial charge on any atom is -0.467 e. The summed E-state index contributed by atoms with van der Waals surface area (Å²) >= 11 is 1.30. The van der Waals surface area contributed by atoms with Gasteiger partial charge in [-0.05, 0) is 5.92 Å². The number of hydrogen-bond donors (Lipinski definition) is 1. The normalized spacial score (nSPS) is 12.9. The Morgan fingerprint density at radius 3 is 2.37 bits per heavy atom. The average molecular weight is 424 g/mol. The highest BCUT2D eigenvalue weighted by molar-refractivity contribution is 8.00. The molecule has 0 aliphatic carbocycles. The molecule has 0 aliphatic heterocycles. The molecule has 1 aromatic heterocycles. The molecule has 3 aromatic rings. The van der Waals surface area contributed by atoms with Gasteiger partial charge in [0.25, 0.3) is 0 Å². The lowest BCUT2D eigenvalue weighted by Gasteiger charge is -2.21. The molecule has 0 saturated heterocycles. The second-order valence-electron chi connectivity index (χ2n) is 7.01. The molecule has 7 heteroatoms. The molecular weight excluding hydrogens is 398 g/mol. The van der Waals surface area contributed by atoms with Gasteiger partial charge >= 0.3 is 5.97 Å². The summed E-state index contributed by atoms with van der Waals surface area (Å²) in [6.07, 6.45) is 0.754. The van der Waals surface area contributed by atoms with Crippen LogP contribution in [0.2, 0.25) is 0 Å². The number of nitrogens with zero attached hydrogens (tertiary/aromatic N) is 2. The number of nitrogens with one attached hydrogen (secondary N) is 1. The van der Waals surface area contributed by atoms with Crippen molar-refractivity contribution in [2.45, 2.75) is 31.3 Å². The van der Waals surface area contributed by atoms with Crippen molar-refractivity contribution in [2.75, 3.05) is 12.9 Å². The van der Waals surface area contributed by atoms with Crippen LogP contribution in [0.3, 0.4) is 0 Å². The molecule has 0 spiro atoms. The third-order valence-electron chi connectivity index (χ3n) is 5.03. The molecule has 0 saturated carbocycles. The van der Waals surface area contributed by atoms with Gasteiger partial charge in [0.1, 0.15) is 16.8 Å². The van der Waals surface area contributed by atoms with Crippen LogP contribution in [0.25, 0.3) is 22.0 Å². The van der Waals surface area contributed by atoms with E-state index in [0.29, 0.717) is 5.03 Å². The van der Waals surface area contributed by atoms with Crippen LogP contribution in [0.4, 0.5) is 0 Å². The van der Waals surface area contributed by atoms with E-state index in [1.165, 1.54) is 18.9 Å². The standard InChI is InChI=1S/C23H25N3O3S/c1-4-15(2)20(23(28)29-3)24-19(27)14-30-22-18-13-9-8-12-17(18)21(25-26-22)16-10-6-5-7-11-16/h5-13,15,20H,4,14H2,1-3H3,(H,24,27)/t15-,20-/m1/s1. The highest BCUT2D eigenvalue weighted by atomic mass is 32.2. The number of hydrogen-bond acceptors (Lipinski definition) is 6. The summed E-state index contributed by atoms with van der Waals surface area (Å²) in [4.78, 5) is 24.5. The number of fused-ring (bicyclic) bond motifs is 1. The largest absolute Gasteiger partial charge is 0.467 e. The smallest absolute Gasteiger partial charge is 0.328 e. The van der Waals surface area contributed by atoms with E-state index in [4.69, 9.17) is 4.74 Å². The molecule has 6 nitrogen and oxygen atoms in total. The molecule has 0 bridgehead atoms. The molecular formula is C23H25N3O3S.